The molecule has 3 heteroatoms. The zero-order chi connectivity index (χ0) is 11.9. The van der Waals surface area contributed by atoms with Crippen LogP contribution in [0, 0.1) is 20.8 Å². The Morgan fingerprint density at radius 1 is 1.19 bits per heavy atom. The predicted octanol–water partition coefficient (Wildman–Crippen LogP) is 2.59. The second-order valence-corrected chi connectivity index (χ2v) is 4.27. The molecule has 0 aliphatic carbocycles. The highest BCUT2D eigenvalue weighted by Crippen LogP contribution is 2.28. The minimum Gasteiger partial charge on any atom is -0.383 e. The van der Waals surface area contributed by atoms with Crippen molar-refractivity contribution in [3.8, 4) is 11.3 Å². The molecule has 16 heavy (non-hydrogen) atoms. The highest BCUT2D eigenvalue weighted by Gasteiger charge is 2.12. The molecule has 0 fully saturated rings. The number of nitrogen functional groups attached to an aromatic ring is 1. The Morgan fingerprint density at radius 3 is 2.44 bits per heavy atom. The molecule has 1 aromatic carbocycles. The van der Waals surface area contributed by atoms with Gasteiger partial charge < -0.3 is 10.3 Å². The first-order valence-electron chi connectivity index (χ1n) is 5.37. The van der Waals surface area contributed by atoms with Gasteiger partial charge in [0.05, 0.1) is 0 Å². The quantitative estimate of drug-likeness (QED) is 0.794. The summed E-state index contributed by atoms with van der Waals surface area (Å²) in [7, 11) is 1.94. The topological polar surface area (TPSA) is 43.8 Å². The molecule has 2 N–H and O–H groups in total. The molecule has 3 nitrogen and oxygen atoms in total. The van der Waals surface area contributed by atoms with Gasteiger partial charge in [-0.05, 0) is 32.4 Å². The number of aromatic nitrogens is 2. The predicted molar refractivity (Wildman–Crippen MR) is 67.3 cm³/mol. The van der Waals surface area contributed by atoms with Crippen molar-refractivity contribution in [2.75, 3.05) is 5.73 Å². The first-order valence-corrected chi connectivity index (χ1v) is 5.37. The third-order valence-corrected chi connectivity index (χ3v) is 3.01. The van der Waals surface area contributed by atoms with Crippen LogP contribution in [0.15, 0.2) is 18.2 Å². The zero-order valence-electron chi connectivity index (χ0n) is 10.2. The first kappa shape index (κ1) is 10.7. The maximum atomic E-state index is 6.05. The summed E-state index contributed by atoms with van der Waals surface area (Å²) < 4.78 is 1.91. The van der Waals surface area contributed by atoms with Crippen molar-refractivity contribution >= 4 is 5.82 Å². The van der Waals surface area contributed by atoms with Gasteiger partial charge in [-0.2, -0.15) is 0 Å². The molecule has 0 atom stereocenters. The molecular weight excluding hydrogens is 198 g/mol. The molecule has 0 unspecified atom stereocenters. The number of anilines is 1. The fourth-order valence-corrected chi connectivity index (χ4v) is 1.82. The van der Waals surface area contributed by atoms with Gasteiger partial charge in [0.25, 0.3) is 0 Å². The number of benzene rings is 1. The fourth-order valence-electron chi connectivity index (χ4n) is 1.82. The Hall–Kier alpha value is -1.77. The van der Waals surface area contributed by atoms with Crippen LogP contribution in [0.25, 0.3) is 11.3 Å². The maximum absolute atomic E-state index is 6.05. The lowest BCUT2D eigenvalue weighted by Crippen LogP contribution is -1.98. The molecule has 0 aliphatic heterocycles. The van der Waals surface area contributed by atoms with E-state index in [-0.39, 0.29) is 0 Å². The summed E-state index contributed by atoms with van der Waals surface area (Å²) in [5, 5.41) is 0. The number of hydrogen-bond donors (Lipinski definition) is 1. The number of rotatable bonds is 1. The van der Waals surface area contributed by atoms with Crippen molar-refractivity contribution in [1.82, 2.24) is 9.55 Å². The lowest BCUT2D eigenvalue weighted by atomic mass is 10.0. The van der Waals surface area contributed by atoms with E-state index < -0.39 is 0 Å². The van der Waals surface area contributed by atoms with Gasteiger partial charge in [0, 0.05) is 12.6 Å². The molecular formula is C13H17N3. The van der Waals surface area contributed by atoms with E-state index in [9.17, 15) is 0 Å². The Morgan fingerprint density at radius 2 is 1.88 bits per heavy atom. The standard InChI is InChI=1S/C13H17N3/c1-8-5-6-9(2)11(7-8)12-13(14)16(4)10(3)15-12/h5-7H,14H2,1-4H3. The summed E-state index contributed by atoms with van der Waals surface area (Å²) in [6.07, 6.45) is 0. The summed E-state index contributed by atoms with van der Waals surface area (Å²) in [4.78, 5) is 4.52. The SMILES string of the molecule is Cc1ccc(C)c(-c2nc(C)n(C)c2N)c1. The van der Waals surface area contributed by atoms with Crippen LogP contribution in [0.4, 0.5) is 5.82 Å². The minimum absolute atomic E-state index is 0.728. The van der Waals surface area contributed by atoms with Gasteiger partial charge in [-0.25, -0.2) is 4.98 Å². The molecule has 0 saturated carbocycles. The van der Waals surface area contributed by atoms with Gasteiger partial charge in [0.2, 0.25) is 0 Å². The van der Waals surface area contributed by atoms with Crippen molar-refractivity contribution < 1.29 is 0 Å². The summed E-state index contributed by atoms with van der Waals surface area (Å²) in [5.41, 5.74) is 10.5. The smallest absolute Gasteiger partial charge is 0.131 e. The Balaban J connectivity index is 2.67. The fraction of sp³-hybridized carbons (Fsp3) is 0.308. The number of imidazole rings is 1. The summed E-state index contributed by atoms with van der Waals surface area (Å²) >= 11 is 0. The lowest BCUT2D eigenvalue weighted by Gasteiger charge is -2.05. The van der Waals surface area contributed by atoms with Gasteiger partial charge in [0.15, 0.2) is 0 Å². The van der Waals surface area contributed by atoms with E-state index >= 15 is 0 Å². The molecule has 0 bridgehead atoms. The molecule has 2 aromatic rings. The first-order chi connectivity index (χ1) is 7.50. The van der Waals surface area contributed by atoms with Crippen LogP contribution < -0.4 is 5.73 Å². The minimum atomic E-state index is 0.728. The average molecular weight is 215 g/mol. The normalized spacial score (nSPS) is 10.8. The van der Waals surface area contributed by atoms with Crippen LogP contribution in [0.5, 0.6) is 0 Å². The van der Waals surface area contributed by atoms with Crippen molar-refractivity contribution in [1.29, 1.82) is 0 Å². The van der Waals surface area contributed by atoms with Crippen LogP contribution in [-0.2, 0) is 7.05 Å². The molecule has 0 amide bonds. The van der Waals surface area contributed by atoms with Crippen molar-refractivity contribution in [3.63, 3.8) is 0 Å². The van der Waals surface area contributed by atoms with E-state index in [4.69, 9.17) is 5.73 Å². The van der Waals surface area contributed by atoms with Crippen LogP contribution >= 0.6 is 0 Å². The molecule has 0 radical (unpaired) electrons. The Bertz CT molecular complexity index is 538. The van der Waals surface area contributed by atoms with E-state index in [0.717, 1.165) is 22.9 Å². The third-order valence-electron chi connectivity index (χ3n) is 3.01. The Kier molecular flexibility index (Phi) is 2.46. The van der Waals surface area contributed by atoms with E-state index in [2.05, 4.69) is 37.0 Å². The largest absolute Gasteiger partial charge is 0.383 e. The Labute approximate surface area is 95.9 Å². The molecule has 2 rings (SSSR count). The monoisotopic (exact) mass is 215 g/mol. The van der Waals surface area contributed by atoms with Gasteiger partial charge in [-0.1, -0.05) is 17.7 Å². The number of nitrogens with zero attached hydrogens (tertiary/aromatic N) is 2. The lowest BCUT2D eigenvalue weighted by molar-refractivity contribution is 0.868. The van der Waals surface area contributed by atoms with Crippen LogP contribution in [0.1, 0.15) is 17.0 Å². The van der Waals surface area contributed by atoms with Crippen LogP contribution in [0.2, 0.25) is 0 Å². The zero-order valence-corrected chi connectivity index (χ0v) is 10.2. The molecule has 0 saturated heterocycles. The van der Waals surface area contributed by atoms with E-state index in [0.29, 0.717) is 0 Å². The summed E-state index contributed by atoms with van der Waals surface area (Å²) in [6.45, 7) is 6.12. The van der Waals surface area contributed by atoms with E-state index in [1.54, 1.807) is 0 Å². The third kappa shape index (κ3) is 1.58. The van der Waals surface area contributed by atoms with Gasteiger partial charge >= 0.3 is 0 Å². The molecule has 1 heterocycles. The number of aryl methyl sites for hydroxylation is 3. The number of nitrogens with two attached hydrogens (primary N) is 1. The highest BCUT2D eigenvalue weighted by molar-refractivity contribution is 5.74. The molecule has 84 valence electrons. The van der Waals surface area contributed by atoms with Crippen molar-refractivity contribution in [2.24, 2.45) is 7.05 Å². The molecule has 1 aromatic heterocycles. The van der Waals surface area contributed by atoms with Crippen LogP contribution in [0.3, 0.4) is 0 Å². The van der Waals surface area contributed by atoms with Gasteiger partial charge in [0.1, 0.15) is 17.3 Å². The van der Waals surface area contributed by atoms with E-state index in [1.807, 2.05) is 18.5 Å². The van der Waals surface area contributed by atoms with Crippen molar-refractivity contribution in [3.05, 3.63) is 35.2 Å². The van der Waals surface area contributed by atoms with E-state index in [1.165, 1.54) is 11.1 Å². The molecule has 0 aliphatic rings. The van der Waals surface area contributed by atoms with Gasteiger partial charge in [-0.3, -0.25) is 0 Å². The summed E-state index contributed by atoms with van der Waals surface area (Å²) in [6, 6.07) is 6.34. The highest BCUT2D eigenvalue weighted by atomic mass is 15.1. The van der Waals surface area contributed by atoms with Gasteiger partial charge in [-0.15, -0.1) is 0 Å². The second kappa shape index (κ2) is 3.67. The van der Waals surface area contributed by atoms with Crippen LogP contribution in [-0.4, -0.2) is 9.55 Å². The molecule has 0 spiro atoms. The maximum Gasteiger partial charge on any atom is 0.131 e. The second-order valence-electron chi connectivity index (χ2n) is 4.27. The average Bonchev–Trinajstić information content (AvgIpc) is 2.50. The summed E-state index contributed by atoms with van der Waals surface area (Å²) in [5.74, 6) is 1.67. The number of hydrogen-bond acceptors (Lipinski definition) is 2. The van der Waals surface area contributed by atoms with Crippen molar-refractivity contribution in [2.45, 2.75) is 20.8 Å².